The van der Waals surface area contributed by atoms with Crippen LogP contribution in [0.25, 0.3) is 0 Å². The van der Waals surface area contributed by atoms with Crippen LogP contribution in [0.15, 0.2) is 0 Å². The third-order valence-electron chi connectivity index (χ3n) is 2.78. The van der Waals surface area contributed by atoms with Crippen molar-refractivity contribution >= 4 is 0 Å². The Morgan fingerprint density at radius 2 is 1.93 bits per heavy atom. The Labute approximate surface area is 95.0 Å². The molecule has 0 fully saturated rings. The Bertz CT molecular complexity index is 128. The van der Waals surface area contributed by atoms with Gasteiger partial charge in [-0.25, -0.2) is 0 Å². The molecule has 0 aliphatic carbocycles. The van der Waals surface area contributed by atoms with E-state index in [0.717, 1.165) is 38.4 Å². The first-order valence-corrected chi connectivity index (χ1v) is 6.37. The summed E-state index contributed by atoms with van der Waals surface area (Å²) in [4.78, 5) is 0. The lowest BCUT2D eigenvalue weighted by Gasteiger charge is -2.15. The predicted octanol–water partition coefficient (Wildman–Crippen LogP) is 1.47. The van der Waals surface area contributed by atoms with Crippen molar-refractivity contribution in [3.05, 3.63) is 0 Å². The largest absolute Gasteiger partial charge is 0.330 e. The molecule has 0 aliphatic rings. The molecule has 0 heterocycles. The van der Waals surface area contributed by atoms with Crippen molar-refractivity contribution < 1.29 is 0 Å². The van der Waals surface area contributed by atoms with Crippen LogP contribution in [-0.2, 0) is 0 Å². The molecule has 0 saturated heterocycles. The fourth-order valence-electron chi connectivity index (χ4n) is 1.75. The van der Waals surface area contributed by atoms with Crippen molar-refractivity contribution in [2.24, 2.45) is 17.4 Å². The fourth-order valence-corrected chi connectivity index (χ4v) is 1.75. The maximum Gasteiger partial charge on any atom is 0.0165 e. The molecule has 92 valence electrons. The molecule has 0 bridgehead atoms. The summed E-state index contributed by atoms with van der Waals surface area (Å²) in [5.74, 6) is 0.824. The lowest BCUT2D eigenvalue weighted by atomic mass is 9.98. The van der Waals surface area contributed by atoms with Gasteiger partial charge >= 0.3 is 0 Å². The van der Waals surface area contributed by atoms with Crippen LogP contribution in [0.1, 0.15) is 46.0 Å². The number of hydrogen-bond donors (Lipinski definition) is 3. The van der Waals surface area contributed by atoms with Gasteiger partial charge in [-0.15, -0.1) is 0 Å². The fraction of sp³-hybridized carbons (Fsp3) is 1.00. The maximum atomic E-state index is 6.01. The lowest BCUT2D eigenvalue weighted by molar-refractivity contribution is 0.428. The van der Waals surface area contributed by atoms with Crippen LogP contribution in [0.4, 0.5) is 0 Å². The highest BCUT2D eigenvalue weighted by atomic mass is 14.9. The Balaban J connectivity index is 3.28. The van der Waals surface area contributed by atoms with Crippen LogP contribution in [-0.4, -0.2) is 25.7 Å². The van der Waals surface area contributed by atoms with Gasteiger partial charge < -0.3 is 16.8 Å². The molecule has 3 nitrogen and oxygen atoms in total. The summed E-state index contributed by atoms with van der Waals surface area (Å²) in [5, 5.41) is 3.34. The zero-order chi connectivity index (χ0) is 11.5. The Hall–Kier alpha value is -0.120. The van der Waals surface area contributed by atoms with E-state index >= 15 is 0 Å². The van der Waals surface area contributed by atoms with Gasteiger partial charge in [-0.1, -0.05) is 26.7 Å². The molecule has 0 aromatic heterocycles. The van der Waals surface area contributed by atoms with Crippen LogP contribution >= 0.6 is 0 Å². The van der Waals surface area contributed by atoms with Crippen LogP contribution in [0.3, 0.4) is 0 Å². The average molecular weight is 215 g/mol. The molecule has 2 unspecified atom stereocenters. The summed E-state index contributed by atoms with van der Waals surface area (Å²) in [5.41, 5.74) is 11.4. The van der Waals surface area contributed by atoms with E-state index in [9.17, 15) is 0 Å². The second kappa shape index (κ2) is 10.4. The first-order valence-electron chi connectivity index (χ1n) is 6.37. The van der Waals surface area contributed by atoms with Crippen molar-refractivity contribution in [2.45, 2.75) is 52.0 Å². The van der Waals surface area contributed by atoms with E-state index in [1.807, 2.05) is 0 Å². The second-order valence-electron chi connectivity index (χ2n) is 4.58. The minimum Gasteiger partial charge on any atom is -0.330 e. The Morgan fingerprint density at radius 3 is 2.53 bits per heavy atom. The molecule has 0 amide bonds. The summed E-state index contributed by atoms with van der Waals surface area (Å²) in [6.45, 7) is 7.24. The lowest BCUT2D eigenvalue weighted by Crippen LogP contribution is -2.35. The Kier molecular flexibility index (Phi) is 10.3. The van der Waals surface area contributed by atoms with E-state index < -0.39 is 0 Å². The molecule has 5 N–H and O–H groups in total. The third-order valence-corrected chi connectivity index (χ3v) is 2.78. The normalized spacial score (nSPS) is 15.2. The van der Waals surface area contributed by atoms with E-state index in [1.165, 1.54) is 19.3 Å². The molecule has 2 atom stereocenters. The van der Waals surface area contributed by atoms with Crippen LogP contribution in [0.5, 0.6) is 0 Å². The first-order chi connectivity index (χ1) is 7.20. The van der Waals surface area contributed by atoms with Gasteiger partial charge in [0.05, 0.1) is 0 Å². The highest BCUT2D eigenvalue weighted by Crippen LogP contribution is 2.12. The smallest absolute Gasteiger partial charge is 0.0165 e. The monoisotopic (exact) mass is 215 g/mol. The Morgan fingerprint density at radius 1 is 1.20 bits per heavy atom. The van der Waals surface area contributed by atoms with Crippen molar-refractivity contribution in [2.75, 3.05) is 19.6 Å². The first kappa shape index (κ1) is 14.9. The maximum absolute atomic E-state index is 6.01. The number of nitrogens with two attached hydrogens (primary N) is 2. The van der Waals surface area contributed by atoms with E-state index in [-0.39, 0.29) is 0 Å². The number of nitrogens with one attached hydrogen (secondary N) is 1. The average Bonchev–Trinajstić information content (AvgIpc) is 2.22. The summed E-state index contributed by atoms with van der Waals surface area (Å²) in [6, 6.07) is 0.307. The molecule has 0 rings (SSSR count). The van der Waals surface area contributed by atoms with E-state index in [1.54, 1.807) is 0 Å². The molecule has 0 radical (unpaired) electrons. The molecular weight excluding hydrogens is 186 g/mol. The topological polar surface area (TPSA) is 64.1 Å². The minimum absolute atomic E-state index is 0.307. The van der Waals surface area contributed by atoms with Gasteiger partial charge in [-0.05, 0) is 38.3 Å². The zero-order valence-electron chi connectivity index (χ0n) is 10.5. The summed E-state index contributed by atoms with van der Waals surface area (Å²) in [7, 11) is 0. The molecule has 3 heteroatoms. The van der Waals surface area contributed by atoms with Gasteiger partial charge in [0, 0.05) is 12.6 Å². The van der Waals surface area contributed by atoms with Crippen LogP contribution in [0, 0.1) is 5.92 Å². The van der Waals surface area contributed by atoms with Gasteiger partial charge in [-0.2, -0.15) is 0 Å². The molecule has 15 heavy (non-hydrogen) atoms. The highest BCUT2D eigenvalue weighted by molar-refractivity contribution is 4.66. The van der Waals surface area contributed by atoms with Gasteiger partial charge in [-0.3, -0.25) is 0 Å². The third kappa shape index (κ3) is 10.2. The molecule has 0 aromatic rings. The van der Waals surface area contributed by atoms with Crippen molar-refractivity contribution in [1.82, 2.24) is 5.32 Å². The summed E-state index contributed by atoms with van der Waals surface area (Å²) in [6.07, 6.45) is 6.04. The van der Waals surface area contributed by atoms with E-state index in [0.29, 0.717) is 6.04 Å². The van der Waals surface area contributed by atoms with Crippen molar-refractivity contribution in [3.63, 3.8) is 0 Å². The molecule has 0 aliphatic heterocycles. The van der Waals surface area contributed by atoms with Gasteiger partial charge in [0.2, 0.25) is 0 Å². The van der Waals surface area contributed by atoms with Gasteiger partial charge in [0.15, 0.2) is 0 Å². The van der Waals surface area contributed by atoms with Crippen molar-refractivity contribution in [1.29, 1.82) is 0 Å². The SMILES string of the molecule is CCCC(C)CCC(N)CNCCCN. The predicted molar refractivity (Wildman–Crippen MR) is 67.8 cm³/mol. The zero-order valence-corrected chi connectivity index (χ0v) is 10.5. The standard InChI is InChI=1S/C12H29N3/c1-3-5-11(2)6-7-12(14)10-15-9-4-8-13/h11-12,15H,3-10,13-14H2,1-2H3. The number of rotatable bonds is 10. The number of hydrogen-bond acceptors (Lipinski definition) is 3. The summed E-state index contributed by atoms with van der Waals surface area (Å²) >= 11 is 0. The minimum atomic E-state index is 0.307. The van der Waals surface area contributed by atoms with Crippen molar-refractivity contribution in [3.8, 4) is 0 Å². The van der Waals surface area contributed by atoms with E-state index in [4.69, 9.17) is 11.5 Å². The van der Waals surface area contributed by atoms with Gasteiger partial charge in [0.1, 0.15) is 0 Å². The van der Waals surface area contributed by atoms with Gasteiger partial charge in [0.25, 0.3) is 0 Å². The second-order valence-corrected chi connectivity index (χ2v) is 4.58. The van der Waals surface area contributed by atoms with E-state index in [2.05, 4.69) is 19.2 Å². The molecule has 0 saturated carbocycles. The van der Waals surface area contributed by atoms with Crippen LogP contribution in [0.2, 0.25) is 0 Å². The molecular formula is C12H29N3. The molecule has 0 aromatic carbocycles. The van der Waals surface area contributed by atoms with Crippen LogP contribution < -0.4 is 16.8 Å². The highest BCUT2D eigenvalue weighted by Gasteiger charge is 2.05. The quantitative estimate of drug-likeness (QED) is 0.484. The summed E-state index contributed by atoms with van der Waals surface area (Å²) < 4.78 is 0. The molecule has 0 spiro atoms.